The Hall–Kier alpha value is -1.42. The molecule has 0 spiro atoms. The Morgan fingerprint density at radius 3 is 2.71 bits per heavy atom. The van der Waals surface area contributed by atoms with E-state index in [1.807, 2.05) is 56.4 Å². The molecule has 2 rings (SSSR count). The third kappa shape index (κ3) is 5.12. The van der Waals surface area contributed by atoms with Gasteiger partial charge in [-0.3, -0.25) is 4.98 Å². The maximum absolute atomic E-state index is 10.2. The Labute approximate surface area is 131 Å². The Bertz CT molecular complexity index is 589. The number of pyridine rings is 1. The number of nitrogens with zero attached hydrogens (tertiary/aromatic N) is 2. The summed E-state index contributed by atoms with van der Waals surface area (Å²) >= 11 is 5.94. The maximum Gasteiger partial charge on any atom is 0.0802 e. The highest BCUT2D eigenvalue weighted by Crippen LogP contribution is 2.20. The molecule has 1 unspecified atom stereocenters. The number of rotatable bonds is 6. The van der Waals surface area contributed by atoms with Gasteiger partial charge in [0.05, 0.1) is 11.8 Å². The molecule has 21 heavy (non-hydrogen) atoms. The highest BCUT2D eigenvalue weighted by atomic mass is 35.5. The predicted octanol–water partition coefficient (Wildman–Crippen LogP) is 3.60. The van der Waals surface area contributed by atoms with Gasteiger partial charge in [-0.2, -0.15) is 0 Å². The van der Waals surface area contributed by atoms with Crippen molar-refractivity contribution in [1.29, 1.82) is 0 Å². The molecule has 2 aromatic rings. The summed E-state index contributed by atoms with van der Waals surface area (Å²) < 4.78 is 0. The van der Waals surface area contributed by atoms with E-state index in [0.717, 1.165) is 30.0 Å². The summed E-state index contributed by atoms with van der Waals surface area (Å²) in [5, 5.41) is 10.9. The van der Waals surface area contributed by atoms with Gasteiger partial charge in [0.1, 0.15) is 0 Å². The van der Waals surface area contributed by atoms with Crippen molar-refractivity contribution in [3.8, 4) is 0 Å². The first-order valence-corrected chi connectivity index (χ1v) is 7.47. The molecule has 0 aliphatic carbocycles. The van der Waals surface area contributed by atoms with Crippen LogP contribution in [-0.4, -0.2) is 28.6 Å². The summed E-state index contributed by atoms with van der Waals surface area (Å²) in [4.78, 5) is 6.65. The molecule has 3 nitrogen and oxygen atoms in total. The normalized spacial score (nSPS) is 12.6. The van der Waals surface area contributed by atoms with Crippen LogP contribution < -0.4 is 0 Å². The molecule has 0 amide bonds. The second-order valence-electron chi connectivity index (χ2n) is 5.37. The predicted molar refractivity (Wildman–Crippen MR) is 86.3 cm³/mol. The molecule has 1 atom stereocenters. The van der Waals surface area contributed by atoms with Crippen LogP contribution in [0.2, 0.25) is 5.02 Å². The zero-order valence-electron chi connectivity index (χ0n) is 12.5. The second kappa shape index (κ2) is 7.55. The first-order chi connectivity index (χ1) is 10.0. The molecule has 1 aromatic carbocycles. The molecule has 0 bridgehead atoms. The van der Waals surface area contributed by atoms with Crippen LogP contribution in [0.3, 0.4) is 0 Å². The molecular formula is C17H21ClN2O. The number of halogens is 1. The maximum atomic E-state index is 10.2. The molecule has 0 saturated carbocycles. The molecule has 0 aliphatic heterocycles. The SMILES string of the molecule is Cc1cccc(CN(C)CCC(O)c2cccc(Cl)c2)n1. The number of aryl methyl sites for hydroxylation is 1. The van der Waals surface area contributed by atoms with Crippen LogP contribution >= 0.6 is 11.6 Å². The minimum atomic E-state index is -0.489. The molecule has 0 aliphatic rings. The standard InChI is InChI=1S/C17H21ClN2O/c1-13-5-3-8-16(19-13)12-20(2)10-9-17(21)14-6-4-7-15(18)11-14/h3-8,11,17,21H,9-10,12H2,1-2H3. The van der Waals surface area contributed by atoms with E-state index in [1.54, 1.807) is 0 Å². The topological polar surface area (TPSA) is 36.4 Å². The van der Waals surface area contributed by atoms with Gasteiger partial charge in [-0.25, -0.2) is 0 Å². The van der Waals surface area contributed by atoms with Crippen molar-refractivity contribution in [2.45, 2.75) is 26.0 Å². The Balaban J connectivity index is 1.85. The van der Waals surface area contributed by atoms with Crippen LogP contribution in [0.5, 0.6) is 0 Å². The van der Waals surface area contributed by atoms with Gasteiger partial charge >= 0.3 is 0 Å². The molecule has 0 fully saturated rings. The monoisotopic (exact) mass is 304 g/mol. The van der Waals surface area contributed by atoms with Gasteiger partial charge in [-0.1, -0.05) is 29.8 Å². The average Bonchev–Trinajstić information content (AvgIpc) is 2.45. The average molecular weight is 305 g/mol. The van der Waals surface area contributed by atoms with E-state index in [9.17, 15) is 5.11 Å². The summed E-state index contributed by atoms with van der Waals surface area (Å²) in [7, 11) is 2.04. The third-order valence-electron chi connectivity index (χ3n) is 3.40. The van der Waals surface area contributed by atoms with Gasteiger partial charge in [-0.05, 0) is 50.2 Å². The third-order valence-corrected chi connectivity index (χ3v) is 3.63. The lowest BCUT2D eigenvalue weighted by Crippen LogP contribution is -2.21. The second-order valence-corrected chi connectivity index (χ2v) is 5.80. The van der Waals surface area contributed by atoms with Gasteiger partial charge in [0.15, 0.2) is 0 Å². The van der Waals surface area contributed by atoms with Crippen molar-refractivity contribution >= 4 is 11.6 Å². The van der Waals surface area contributed by atoms with Crippen LogP contribution in [0.25, 0.3) is 0 Å². The van der Waals surface area contributed by atoms with E-state index in [0.29, 0.717) is 11.4 Å². The minimum Gasteiger partial charge on any atom is -0.388 e. The summed E-state index contributed by atoms with van der Waals surface area (Å²) in [5.41, 5.74) is 2.94. The van der Waals surface area contributed by atoms with Crippen molar-refractivity contribution in [3.05, 3.63) is 64.4 Å². The van der Waals surface area contributed by atoms with E-state index < -0.39 is 6.10 Å². The largest absolute Gasteiger partial charge is 0.388 e. The number of aliphatic hydroxyl groups excluding tert-OH is 1. The molecule has 112 valence electrons. The smallest absolute Gasteiger partial charge is 0.0802 e. The summed E-state index contributed by atoms with van der Waals surface area (Å²) in [6, 6.07) is 13.4. The summed E-state index contributed by atoms with van der Waals surface area (Å²) in [5.74, 6) is 0. The van der Waals surface area contributed by atoms with E-state index in [4.69, 9.17) is 11.6 Å². The van der Waals surface area contributed by atoms with Gasteiger partial charge in [-0.15, -0.1) is 0 Å². The van der Waals surface area contributed by atoms with Gasteiger partial charge < -0.3 is 10.0 Å². The summed E-state index contributed by atoms with van der Waals surface area (Å²) in [6.07, 6.45) is 0.180. The lowest BCUT2D eigenvalue weighted by Gasteiger charge is -2.19. The molecular weight excluding hydrogens is 284 g/mol. The number of benzene rings is 1. The fourth-order valence-electron chi connectivity index (χ4n) is 2.27. The number of hydrogen-bond donors (Lipinski definition) is 1. The fraction of sp³-hybridized carbons (Fsp3) is 0.353. The molecule has 4 heteroatoms. The minimum absolute atomic E-state index is 0.489. The highest BCUT2D eigenvalue weighted by Gasteiger charge is 2.10. The number of hydrogen-bond acceptors (Lipinski definition) is 3. The fourth-order valence-corrected chi connectivity index (χ4v) is 2.47. The lowest BCUT2D eigenvalue weighted by molar-refractivity contribution is 0.147. The van der Waals surface area contributed by atoms with Gasteiger partial charge in [0, 0.05) is 23.8 Å². The van der Waals surface area contributed by atoms with Crippen LogP contribution in [0, 0.1) is 6.92 Å². The van der Waals surface area contributed by atoms with Crippen LogP contribution in [0.15, 0.2) is 42.5 Å². The molecule has 1 aromatic heterocycles. The zero-order chi connectivity index (χ0) is 15.2. The van der Waals surface area contributed by atoms with Crippen molar-refractivity contribution < 1.29 is 5.11 Å². The Morgan fingerprint density at radius 2 is 2.00 bits per heavy atom. The number of aromatic nitrogens is 1. The van der Waals surface area contributed by atoms with E-state index in [1.165, 1.54) is 0 Å². The van der Waals surface area contributed by atoms with Crippen molar-refractivity contribution in [2.24, 2.45) is 0 Å². The highest BCUT2D eigenvalue weighted by molar-refractivity contribution is 6.30. The van der Waals surface area contributed by atoms with Gasteiger partial charge in [0.25, 0.3) is 0 Å². The van der Waals surface area contributed by atoms with Crippen molar-refractivity contribution in [3.63, 3.8) is 0 Å². The van der Waals surface area contributed by atoms with Crippen LogP contribution in [-0.2, 0) is 6.54 Å². The lowest BCUT2D eigenvalue weighted by atomic mass is 10.1. The molecule has 0 saturated heterocycles. The molecule has 1 N–H and O–H groups in total. The van der Waals surface area contributed by atoms with Crippen LogP contribution in [0.1, 0.15) is 29.5 Å². The van der Waals surface area contributed by atoms with E-state index >= 15 is 0 Å². The first-order valence-electron chi connectivity index (χ1n) is 7.09. The number of aliphatic hydroxyl groups is 1. The molecule has 0 radical (unpaired) electrons. The van der Waals surface area contributed by atoms with Crippen LogP contribution in [0.4, 0.5) is 0 Å². The molecule has 1 heterocycles. The Kier molecular flexibility index (Phi) is 5.74. The summed E-state index contributed by atoms with van der Waals surface area (Å²) in [6.45, 7) is 3.57. The van der Waals surface area contributed by atoms with Crippen molar-refractivity contribution in [1.82, 2.24) is 9.88 Å². The zero-order valence-corrected chi connectivity index (χ0v) is 13.2. The first kappa shape index (κ1) is 16.0. The van der Waals surface area contributed by atoms with Gasteiger partial charge in [0.2, 0.25) is 0 Å². The van der Waals surface area contributed by atoms with E-state index in [2.05, 4.69) is 9.88 Å². The Morgan fingerprint density at radius 1 is 1.24 bits per heavy atom. The van der Waals surface area contributed by atoms with E-state index in [-0.39, 0.29) is 0 Å². The quantitative estimate of drug-likeness (QED) is 0.886. The van der Waals surface area contributed by atoms with Crippen molar-refractivity contribution in [2.75, 3.05) is 13.6 Å².